The zero-order valence-corrected chi connectivity index (χ0v) is 18.0. The van der Waals surface area contributed by atoms with E-state index >= 15 is 0 Å². The van der Waals surface area contributed by atoms with Crippen molar-refractivity contribution in [2.75, 3.05) is 0 Å². The summed E-state index contributed by atoms with van der Waals surface area (Å²) in [6.45, 7) is 4.02. The molecule has 0 aliphatic heterocycles. The summed E-state index contributed by atoms with van der Waals surface area (Å²) in [6, 6.07) is 0. The smallest absolute Gasteiger partial charge is 0.306 e. The van der Waals surface area contributed by atoms with E-state index in [0.717, 1.165) is 12.8 Å². The summed E-state index contributed by atoms with van der Waals surface area (Å²) in [6.07, 6.45) is 20.2. The van der Waals surface area contributed by atoms with Crippen LogP contribution >= 0.6 is 0 Å². The molecule has 0 aromatic heterocycles. The Bertz CT molecular complexity index is 354. The van der Waals surface area contributed by atoms with Gasteiger partial charge in [0.2, 0.25) is 0 Å². The van der Waals surface area contributed by atoms with Crippen LogP contribution in [0.25, 0.3) is 0 Å². The lowest BCUT2D eigenvalue weighted by atomic mass is 10.0. The Morgan fingerprint density at radius 3 is 1.52 bits per heavy atom. The van der Waals surface area contributed by atoms with Crippen molar-refractivity contribution in [2.45, 2.75) is 136 Å². The molecule has 0 heterocycles. The van der Waals surface area contributed by atoms with Crippen LogP contribution in [0.4, 0.5) is 0 Å². The van der Waals surface area contributed by atoms with E-state index in [-0.39, 0.29) is 18.5 Å². The van der Waals surface area contributed by atoms with E-state index in [1.165, 1.54) is 83.5 Å². The summed E-state index contributed by atoms with van der Waals surface area (Å²) >= 11 is 0. The second-order valence-corrected chi connectivity index (χ2v) is 7.93. The van der Waals surface area contributed by atoms with E-state index in [2.05, 4.69) is 6.92 Å². The minimum absolute atomic E-state index is 0.0490. The molecule has 0 bridgehead atoms. The normalized spacial score (nSPS) is 12.1. The van der Waals surface area contributed by atoms with Gasteiger partial charge in [0, 0.05) is 12.8 Å². The van der Waals surface area contributed by atoms with Gasteiger partial charge in [-0.2, -0.15) is 0 Å². The van der Waals surface area contributed by atoms with Crippen LogP contribution in [0.1, 0.15) is 129 Å². The largest absolute Gasteiger partial charge is 0.481 e. The summed E-state index contributed by atoms with van der Waals surface area (Å²) < 4.78 is 5.22. The number of carboxylic acid groups (broad SMARTS) is 1. The molecule has 4 nitrogen and oxygen atoms in total. The fraction of sp³-hybridized carbons (Fsp3) is 0.913. The highest BCUT2D eigenvalue weighted by molar-refractivity contribution is 5.69. The van der Waals surface area contributed by atoms with E-state index < -0.39 is 5.97 Å². The van der Waals surface area contributed by atoms with Crippen LogP contribution in [0.2, 0.25) is 0 Å². The number of rotatable bonds is 20. The third-order valence-corrected chi connectivity index (χ3v) is 5.08. The number of aliphatic carboxylic acids is 1. The van der Waals surface area contributed by atoms with Gasteiger partial charge >= 0.3 is 11.9 Å². The van der Waals surface area contributed by atoms with Gasteiger partial charge in [-0.25, -0.2) is 0 Å². The molecule has 0 aliphatic carbocycles. The second kappa shape index (κ2) is 19.7. The lowest BCUT2D eigenvalue weighted by Gasteiger charge is -2.11. The molecular weight excluding hydrogens is 340 g/mol. The topological polar surface area (TPSA) is 63.6 Å². The highest BCUT2D eigenvalue weighted by Crippen LogP contribution is 2.14. The maximum absolute atomic E-state index is 11.7. The standard InChI is InChI=1S/C23H44O4/c1-3-4-5-6-7-8-9-10-11-12-13-14-15-16-17-18-23(26)27-21(2)19-20-22(24)25/h21H,3-20H2,1-2H3,(H,24,25). The van der Waals surface area contributed by atoms with Crippen LogP contribution in [-0.4, -0.2) is 23.1 Å². The molecular formula is C23H44O4. The molecule has 0 spiro atoms. The number of carbonyl (C=O) groups excluding carboxylic acids is 1. The van der Waals surface area contributed by atoms with Gasteiger partial charge in [0.15, 0.2) is 0 Å². The van der Waals surface area contributed by atoms with Crippen LogP contribution in [0.15, 0.2) is 0 Å². The number of esters is 1. The number of hydrogen-bond acceptors (Lipinski definition) is 3. The van der Waals surface area contributed by atoms with Crippen molar-refractivity contribution in [3.05, 3.63) is 0 Å². The maximum Gasteiger partial charge on any atom is 0.306 e. The lowest BCUT2D eigenvalue weighted by Crippen LogP contribution is -2.16. The summed E-state index contributed by atoms with van der Waals surface area (Å²) in [5, 5.41) is 8.61. The Labute approximate surface area is 167 Å². The third-order valence-electron chi connectivity index (χ3n) is 5.08. The quantitative estimate of drug-likeness (QED) is 0.180. The van der Waals surface area contributed by atoms with E-state index in [1.807, 2.05) is 0 Å². The van der Waals surface area contributed by atoms with Crippen molar-refractivity contribution in [2.24, 2.45) is 0 Å². The molecule has 0 aromatic carbocycles. The minimum Gasteiger partial charge on any atom is -0.481 e. The van der Waals surface area contributed by atoms with Crippen LogP contribution in [0, 0.1) is 0 Å². The van der Waals surface area contributed by atoms with Crippen molar-refractivity contribution in [1.29, 1.82) is 0 Å². The first-order valence-corrected chi connectivity index (χ1v) is 11.5. The zero-order chi connectivity index (χ0) is 20.2. The molecule has 0 rings (SSSR count). The predicted molar refractivity (Wildman–Crippen MR) is 112 cm³/mol. The van der Waals surface area contributed by atoms with Gasteiger partial charge in [-0.3, -0.25) is 9.59 Å². The van der Waals surface area contributed by atoms with E-state index in [9.17, 15) is 9.59 Å². The number of carboxylic acids is 1. The Kier molecular flexibility index (Phi) is 18.9. The van der Waals surface area contributed by atoms with Crippen LogP contribution in [-0.2, 0) is 14.3 Å². The van der Waals surface area contributed by atoms with Crippen molar-refractivity contribution in [3.63, 3.8) is 0 Å². The van der Waals surface area contributed by atoms with Gasteiger partial charge in [0.05, 0.1) is 6.10 Å². The van der Waals surface area contributed by atoms with Crippen molar-refractivity contribution in [3.8, 4) is 0 Å². The van der Waals surface area contributed by atoms with E-state index in [4.69, 9.17) is 9.84 Å². The lowest BCUT2D eigenvalue weighted by molar-refractivity contribution is -0.150. The second-order valence-electron chi connectivity index (χ2n) is 7.93. The Balaban J connectivity index is 3.24. The Hall–Kier alpha value is -1.06. The molecule has 4 heteroatoms. The molecule has 0 radical (unpaired) electrons. The first-order chi connectivity index (χ1) is 13.1. The summed E-state index contributed by atoms with van der Waals surface area (Å²) in [4.78, 5) is 22.1. The molecule has 0 amide bonds. The number of hydrogen-bond donors (Lipinski definition) is 1. The molecule has 160 valence electrons. The fourth-order valence-electron chi connectivity index (χ4n) is 3.31. The van der Waals surface area contributed by atoms with Gasteiger partial charge in [0.1, 0.15) is 0 Å². The van der Waals surface area contributed by atoms with Crippen LogP contribution < -0.4 is 0 Å². The fourth-order valence-corrected chi connectivity index (χ4v) is 3.31. The van der Waals surface area contributed by atoms with Crippen LogP contribution in [0.3, 0.4) is 0 Å². The van der Waals surface area contributed by atoms with Crippen LogP contribution in [0.5, 0.6) is 0 Å². The predicted octanol–water partition coefficient (Wildman–Crippen LogP) is 7.04. The van der Waals surface area contributed by atoms with Crippen molar-refractivity contribution in [1.82, 2.24) is 0 Å². The number of ether oxygens (including phenoxy) is 1. The van der Waals surface area contributed by atoms with Gasteiger partial charge in [0.25, 0.3) is 0 Å². The maximum atomic E-state index is 11.7. The molecule has 1 unspecified atom stereocenters. The van der Waals surface area contributed by atoms with Gasteiger partial charge in [-0.05, 0) is 19.8 Å². The molecule has 1 N–H and O–H groups in total. The molecule has 0 aromatic rings. The summed E-state index contributed by atoms with van der Waals surface area (Å²) in [7, 11) is 0. The molecule has 0 saturated heterocycles. The zero-order valence-electron chi connectivity index (χ0n) is 18.0. The average Bonchev–Trinajstić information content (AvgIpc) is 2.63. The van der Waals surface area contributed by atoms with Crippen molar-refractivity contribution >= 4 is 11.9 Å². The van der Waals surface area contributed by atoms with E-state index in [1.54, 1.807) is 6.92 Å². The highest BCUT2D eigenvalue weighted by Gasteiger charge is 2.10. The number of unbranched alkanes of at least 4 members (excludes halogenated alkanes) is 14. The molecule has 27 heavy (non-hydrogen) atoms. The first kappa shape index (κ1) is 25.9. The monoisotopic (exact) mass is 384 g/mol. The minimum atomic E-state index is -0.847. The van der Waals surface area contributed by atoms with Gasteiger partial charge in [-0.15, -0.1) is 0 Å². The van der Waals surface area contributed by atoms with Gasteiger partial charge in [-0.1, -0.05) is 96.8 Å². The average molecular weight is 385 g/mol. The van der Waals surface area contributed by atoms with Gasteiger partial charge < -0.3 is 9.84 Å². The summed E-state index contributed by atoms with van der Waals surface area (Å²) in [5.74, 6) is -1.04. The summed E-state index contributed by atoms with van der Waals surface area (Å²) in [5.41, 5.74) is 0. The molecule has 1 atom stereocenters. The third kappa shape index (κ3) is 21.1. The Morgan fingerprint density at radius 1 is 0.704 bits per heavy atom. The van der Waals surface area contributed by atoms with Crippen molar-refractivity contribution < 1.29 is 19.4 Å². The highest BCUT2D eigenvalue weighted by atomic mass is 16.5. The van der Waals surface area contributed by atoms with E-state index in [0.29, 0.717) is 12.8 Å². The SMILES string of the molecule is CCCCCCCCCCCCCCCCCC(=O)OC(C)CCC(=O)O. The number of carbonyl (C=O) groups is 2. The molecule has 0 aliphatic rings. The first-order valence-electron chi connectivity index (χ1n) is 11.5. The molecule has 0 saturated carbocycles. The Morgan fingerprint density at radius 2 is 1.11 bits per heavy atom. The molecule has 0 fully saturated rings.